The lowest BCUT2D eigenvalue weighted by atomic mass is 9.93. The van der Waals surface area contributed by atoms with Crippen LogP contribution in [0.3, 0.4) is 0 Å². The van der Waals surface area contributed by atoms with E-state index < -0.39 is 35.4 Å². The predicted octanol–water partition coefficient (Wildman–Crippen LogP) is 3.57. The quantitative estimate of drug-likeness (QED) is 0.522. The summed E-state index contributed by atoms with van der Waals surface area (Å²) in [6, 6.07) is 7.21. The molecule has 10 heteroatoms. The Labute approximate surface area is 233 Å². The van der Waals surface area contributed by atoms with Crippen molar-refractivity contribution < 1.29 is 33.7 Å². The summed E-state index contributed by atoms with van der Waals surface area (Å²) in [6.07, 6.45) is 6.97. The van der Waals surface area contributed by atoms with Gasteiger partial charge >= 0.3 is 5.97 Å². The number of benzene rings is 1. The van der Waals surface area contributed by atoms with Gasteiger partial charge in [0.2, 0.25) is 17.7 Å². The Morgan fingerprint density at radius 1 is 1.20 bits per heavy atom. The summed E-state index contributed by atoms with van der Waals surface area (Å²) in [5, 5.41) is 13.6. The fraction of sp³-hybridized carbons (Fsp3) is 0.533. The number of fused-ring (bicyclic) bond motifs is 3. The molecule has 1 aromatic heterocycles. The predicted molar refractivity (Wildman–Crippen MR) is 147 cm³/mol. The highest BCUT2D eigenvalue weighted by atomic mass is 16.5. The van der Waals surface area contributed by atoms with Gasteiger partial charge in [-0.1, -0.05) is 12.2 Å². The smallest absolute Gasteiger partial charge is 0.330 e. The largest absolute Gasteiger partial charge is 0.497 e. The first kappa shape index (κ1) is 27.7. The van der Waals surface area contributed by atoms with Crippen molar-refractivity contribution in [2.24, 2.45) is 17.8 Å². The van der Waals surface area contributed by atoms with E-state index in [-0.39, 0.29) is 18.2 Å². The molecule has 40 heavy (non-hydrogen) atoms. The molecule has 2 heterocycles. The molecular weight excluding hydrogens is 514 g/mol. The first-order valence-electron chi connectivity index (χ1n) is 14.0. The van der Waals surface area contributed by atoms with Crippen LogP contribution in [-0.4, -0.2) is 71.7 Å². The zero-order valence-electron chi connectivity index (χ0n) is 23.2. The Balaban J connectivity index is 1.44. The second-order valence-electron chi connectivity index (χ2n) is 11.0. The summed E-state index contributed by atoms with van der Waals surface area (Å²) in [6.45, 7) is 2.90. The second kappa shape index (κ2) is 11.3. The first-order chi connectivity index (χ1) is 19.3. The highest BCUT2D eigenvalue weighted by molar-refractivity contribution is 5.94. The molecule has 5 unspecified atom stereocenters. The van der Waals surface area contributed by atoms with Gasteiger partial charge in [0.05, 0.1) is 31.1 Å². The maximum atomic E-state index is 13.6. The number of methoxy groups -OCH3 is 1. The number of nitrogens with zero attached hydrogens (tertiary/aromatic N) is 2. The number of rotatable bonds is 6. The molecule has 5 rings (SSSR count). The lowest BCUT2D eigenvalue weighted by Crippen LogP contribution is -2.49. The molecule has 0 saturated heterocycles. The van der Waals surface area contributed by atoms with Crippen LogP contribution in [0.2, 0.25) is 0 Å². The van der Waals surface area contributed by atoms with Crippen LogP contribution in [-0.2, 0) is 14.4 Å². The number of hydrogen-bond acceptors (Lipinski definition) is 7. The average molecular weight is 552 g/mol. The van der Waals surface area contributed by atoms with Crippen LogP contribution in [0.25, 0.3) is 10.9 Å². The van der Waals surface area contributed by atoms with Crippen molar-refractivity contribution in [3.8, 4) is 17.4 Å². The van der Waals surface area contributed by atoms with E-state index in [0.29, 0.717) is 48.9 Å². The number of amides is 2. The third kappa shape index (κ3) is 5.44. The number of aliphatic carboxylic acids is 1. The summed E-state index contributed by atoms with van der Waals surface area (Å²) in [5.41, 5.74) is -0.676. The number of nitrogens with one attached hydrogen (secondary N) is 1. The molecule has 2 aliphatic carbocycles. The molecule has 3 aliphatic rings. The molecule has 5 atom stereocenters. The average Bonchev–Trinajstić information content (AvgIpc) is 3.47. The van der Waals surface area contributed by atoms with Gasteiger partial charge in [0.1, 0.15) is 23.1 Å². The maximum Gasteiger partial charge on any atom is 0.330 e. The molecule has 214 valence electrons. The molecule has 0 radical (unpaired) electrons. The molecule has 10 nitrogen and oxygen atoms in total. The van der Waals surface area contributed by atoms with Crippen molar-refractivity contribution in [2.75, 3.05) is 27.3 Å². The van der Waals surface area contributed by atoms with Crippen molar-refractivity contribution in [3.63, 3.8) is 0 Å². The van der Waals surface area contributed by atoms with Crippen molar-refractivity contribution in [3.05, 3.63) is 36.4 Å². The zero-order chi connectivity index (χ0) is 28.4. The molecule has 1 aromatic carbocycles. The van der Waals surface area contributed by atoms with E-state index in [4.69, 9.17) is 14.2 Å². The number of carbonyl (C=O) groups is 3. The Morgan fingerprint density at radius 3 is 2.75 bits per heavy atom. The highest BCUT2D eigenvalue weighted by Crippen LogP contribution is 2.46. The van der Waals surface area contributed by atoms with Gasteiger partial charge in [-0.25, -0.2) is 9.78 Å². The van der Waals surface area contributed by atoms with Crippen molar-refractivity contribution >= 4 is 28.7 Å². The number of carboxylic acids is 1. The lowest BCUT2D eigenvalue weighted by Gasteiger charge is -2.26. The van der Waals surface area contributed by atoms with E-state index in [0.717, 1.165) is 24.6 Å². The molecule has 0 spiro atoms. The van der Waals surface area contributed by atoms with Crippen LogP contribution < -0.4 is 19.5 Å². The number of aromatic nitrogens is 1. The fourth-order valence-electron chi connectivity index (χ4n) is 5.97. The summed E-state index contributed by atoms with van der Waals surface area (Å²) >= 11 is 0. The molecule has 2 saturated carbocycles. The molecule has 2 amide bonds. The topological polar surface area (TPSA) is 127 Å². The standard InChI is InChI=1S/C30H37N3O7/c1-4-39-26-16-25(21-11-10-19(38-3)15-24(21)31-26)40-20-13-22-23(14-20)28(35)33(2)12-8-6-5-7-9-18-17-30(18,29(36)37)32-27(22)34/h7,9-11,15-16,18,20,22-23H,4-6,8,12-14,17H2,1-3H3,(H,32,34)(H,36,37)/b9-7-. The van der Waals surface area contributed by atoms with Crippen molar-refractivity contribution in [2.45, 2.75) is 57.1 Å². The first-order valence-corrected chi connectivity index (χ1v) is 14.0. The Morgan fingerprint density at radius 2 is 2.00 bits per heavy atom. The summed E-state index contributed by atoms with van der Waals surface area (Å²) in [4.78, 5) is 45.7. The lowest BCUT2D eigenvalue weighted by molar-refractivity contribution is -0.145. The van der Waals surface area contributed by atoms with Gasteiger partial charge in [-0.05, 0) is 57.6 Å². The number of ether oxygens (including phenoxy) is 3. The van der Waals surface area contributed by atoms with Crippen molar-refractivity contribution in [1.29, 1.82) is 0 Å². The maximum absolute atomic E-state index is 13.6. The van der Waals surface area contributed by atoms with Crippen LogP contribution in [0.4, 0.5) is 0 Å². The molecule has 1 aliphatic heterocycles. The monoisotopic (exact) mass is 551 g/mol. The Hall–Kier alpha value is -3.82. The number of hydrogen-bond donors (Lipinski definition) is 2. The Bertz CT molecular complexity index is 1330. The minimum atomic E-state index is -1.32. The Kier molecular flexibility index (Phi) is 7.87. The van der Waals surface area contributed by atoms with Gasteiger partial charge in [-0.15, -0.1) is 0 Å². The highest BCUT2D eigenvalue weighted by Gasteiger charge is 2.61. The van der Waals surface area contributed by atoms with Crippen molar-refractivity contribution in [1.82, 2.24) is 15.2 Å². The minimum absolute atomic E-state index is 0.116. The SMILES string of the molecule is CCOc1cc(OC2CC3C(=O)NC4(C(=O)O)CC4/C=C\CCCCN(C)C(=O)C3C2)c2ccc(OC)cc2n1. The third-order valence-electron chi connectivity index (χ3n) is 8.32. The van der Waals surface area contributed by atoms with Gasteiger partial charge in [0.15, 0.2) is 0 Å². The van der Waals surface area contributed by atoms with Gasteiger partial charge in [-0.3, -0.25) is 9.59 Å². The second-order valence-corrected chi connectivity index (χ2v) is 11.0. The molecule has 2 fully saturated rings. The minimum Gasteiger partial charge on any atom is -0.497 e. The van der Waals surface area contributed by atoms with Crippen LogP contribution >= 0.6 is 0 Å². The molecular formula is C30H37N3O7. The number of carboxylic acid groups (broad SMARTS) is 1. The van der Waals surface area contributed by atoms with Crippen LogP contribution in [0.1, 0.15) is 45.4 Å². The number of carbonyl (C=O) groups excluding carboxylic acids is 2. The van der Waals surface area contributed by atoms with Gasteiger partial charge in [0.25, 0.3) is 0 Å². The summed E-state index contributed by atoms with van der Waals surface area (Å²) in [7, 11) is 3.35. The molecule has 2 aromatic rings. The van der Waals surface area contributed by atoms with Gasteiger partial charge in [0, 0.05) is 37.0 Å². The van der Waals surface area contributed by atoms with E-state index in [9.17, 15) is 19.5 Å². The van der Waals surface area contributed by atoms with Crippen LogP contribution in [0, 0.1) is 17.8 Å². The molecule has 2 N–H and O–H groups in total. The van der Waals surface area contributed by atoms with Crippen LogP contribution in [0.5, 0.6) is 17.4 Å². The van der Waals surface area contributed by atoms with E-state index in [1.807, 2.05) is 31.2 Å². The number of pyridine rings is 1. The van der Waals surface area contributed by atoms with E-state index >= 15 is 0 Å². The van der Waals surface area contributed by atoms with Crippen LogP contribution in [0.15, 0.2) is 36.4 Å². The molecule has 0 bridgehead atoms. The number of allylic oxidation sites excluding steroid dienone is 1. The normalized spacial score (nSPS) is 29.5. The van der Waals surface area contributed by atoms with E-state index in [1.54, 1.807) is 31.2 Å². The van der Waals surface area contributed by atoms with E-state index in [1.165, 1.54) is 0 Å². The summed E-state index contributed by atoms with van der Waals surface area (Å²) in [5.74, 6) is -1.55. The van der Waals surface area contributed by atoms with Gasteiger partial charge in [-0.2, -0.15) is 0 Å². The summed E-state index contributed by atoms with van der Waals surface area (Å²) < 4.78 is 17.5. The third-order valence-corrected chi connectivity index (χ3v) is 8.32. The fourth-order valence-corrected chi connectivity index (χ4v) is 5.97. The zero-order valence-corrected chi connectivity index (χ0v) is 23.2. The van der Waals surface area contributed by atoms with Gasteiger partial charge < -0.3 is 29.5 Å². The van der Waals surface area contributed by atoms with E-state index in [2.05, 4.69) is 10.3 Å².